The van der Waals surface area contributed by atoms with Gasteiger partial charge in [0, 0.05) is 35.4 Å². The third-order valence-electron chi connectivity index (χ3n) is 3.64. The number of nitrogens with two attached hydrogens (primary N) is 1. The molecule has 0 aliphatic carbocycles. The second-order valence-electron chi connectivity index (χ2n) is 5.58. The Morgan fingerprint density at radius 2 is 1.96 bits per heavy atom. The van der Waals surface area contributed by atoms with Crippen molar-refractivity contribution in [2.75, 3.05) is 18.4 Å². The van der Waals surface area contributed by atoms with Crippen LogP contribution in [-0.4, -0.2) is 27.7 Å². The minimum atomic E-state index is -4.69. The number of nitrogens with zero attached hydrogens (tertiary/aromatic N) is 3. The van der Waals surface area contributed by atoms with Gasteiger partial charge in [0.1, 0.15) is 5.82 Å². The van der Waals surface area contributed by atoms with E-state index in [0.29, 0.717) is 29.6 Å². The smallest absolute Gasteiger partial charge is 0.369 e. The van der Waals surface area contributed by atoms with Crippen molar-refractivity contribution in [3.63, 3.8) is 0 Å². The summed E-state index contributed by atoms with van der Waals surface area (Å²) in [6.07, 6.45) is -4.69. The fourth-order valence-electron chi connectivity index (χ4n) is 2.60. The molecule has 3 aromatic rings. The van der Waals surface area contributed by atoms with Crippen LogP contribution in [0.2, 0.25) is 10.0 Å². The number of hydrogen-bond donors (Lipinski definition) is 2. The molecule has 0 aliphatic heterocycles. The zero-order valence-corrected chi connectivity index (χ0v) is 15.0. The molecule has 0 saturated carbocycles. The van der Waals surface area contributed by atoms with Crippen LogP contribution in [-0.2, 0) is 6.18 Å². The first-order valence-electron chi connectivity index (χ1n) is 7.59. The summed E-state index contributed by atoms with van der Waals surface area (Å²) in [6, 6.07) is 5.87. The number of halogens is 5. The van der Waals surface area contributed by atoms with Gasteiger partial charge in [-0.2, -0.15) is 22.8 Å². The van der Waals surface area contributed by atoms with Crippen LogP contribution in [0.25, 0.3) is 16.8 Å². The van der Waals surface area contributed by atoms with E-state index < -0.39 is 11.9 Å². The molecule has 0 bridgehead atoms. The Morgan fingerprint density at radius 3 is 2.58 bits per heavy atom. The normalized spacial score (nSPS) is 12.0. The van der Waals surface area contributed by atoms with E-state index in [0.717, 1.165) is 4.52 Å². The summed E-state index contributed by atoms with van der Waals surface area (Å²) in [5.74, 6) is 0.361. The van der Waals surface area contributed by atoms with E-state index in [-0.39, 0.29) is 21.8 Å². The maximum Gasteiger partial charge on any atom is 0.435 e. The summed E-state index contributed by atoms with van der Waals surface area (Å²) in [5, 5.41) is 7.11. The summed E-state index contributed by atoms with van der Waals surface area (Å²) >= 11 is 12.0. The second kappa shape index (κ2) is 6.94. The van der Waals surface area contributed by atoms with Gasteiger partial charge in [0.25, 0.3) is 0 Å². The average molecular weight is 404 g/mol. The van der Waals surface area contributed by atoms with E-state index in [2.05, 4.69) is 15.4 Å². The van der Waals surface area contributed by atoms with Crippen LogP contribution in [0.4, 0.5) is 19.0 Å². The average Bonchev–Trinajstić information content (AvgIpc) is 2.92. The SMILES string of the molecule is Cc1cc(NCCN)n2nc(C(F)(F)F)c(-c3ccc(Cl)cc3Cl)c2n1. The van der Waals surface area contributed by atoms with E-state index in [4.69, 9.17) is 28.9 Å². The molecule has 0 radical (unpaired) electrons. The fourth-order valence-corrected chi connectivity index (χ4v) is 3.11. The van der Waals surface area contributed by atoms with Crippen LogP contribution in [0.1, 0.15) is 11.4 Å². The van der Waals surface area contributed by atoms with Crippen molar-refractivity contribution in [3.8, 4) is 11.1 Å². The Balaban J connectivity index is 2.37. The third-order valence-corrected chi connectivity index (χ3v) is 4.18. The van der Waals surface area contributed by atoms with E-state index in [1.807, 2.05) is 0 Å². The first kappa shape index (κ1) is 18.8. The van der Waals surface area contributed by atoms with Crippen LogP contribution in [0, 0.1) is 6.92 Å². The summed E-state index contributed by atoms with van der Waals surface area (Å²) in [4.78, 5) is 4.26. The highest BCUT2D eigenvalue weighted by Crippen LogP contribution is 2.42. The lowest BCUT2D eigenvalue weighted by atomic mass is 10.1. The van der Waals surface area contributed by atoms with Crippen LogP contribution in [0.3, 0.4) is 0 Å². The van der Waals surface area contributed by atoms with Crippen molar-refractivity contribution < 1.29 is 13.2 Å². The van der Waals surface area contributed by atoms with Crippen molar-refractivity contribution in [2.45, 2.75) is 13.1 Å². The molecule has 2 aromatic heterocycles. The summed E-state index contributed by atoms with van der Waals surface area (Å²) in [7, 11) is 0. The molecule has 10 heteroatoms. The molecule has 26 heavy (non-hydrogen) atoms. The van der Waals surface area contributed by atoms with Gasteiger partial charge in [-0.3, -0.25) is 0 Å². The summed E-state index contributed by atoms with van der Waals surface area (Å²) in [5.41, 5.74) is 4.92. The zero-order chi connectivity index (χ0) is 19.1. The number of alkyl halides is 3. The molecule has 0 spiro atoms. The number of benzene rings is 1. The Labute approximate surface area is 156 Å². The molecule has 0 unspecified atom stereocenters. The number of aromatic nitrogens is 3. The lowest BCUT2D eigenvalue weighted by Crippen LogP contribution is -2.16. The van der Waals surface area contributed by atoms with Crippen LogP contribution in [0.5, 0.6) is 0 Å². The van der Waals surface area contributed by atoms with Gasteiger partial charge in [-0.15, -0.1) is 0 Å². The largest absolute Gasteiger partial charge is 0.435 e. The van der Waals surface area contributed by atoms with Gasteiger partial charge in [-0.25, -0.2) is 4.98 Å². The number of hydrogen-bond acceptors (Lipinski definition) is 4. The first-order chi connectivity index (χ1) is 12.2. The lowest BCUT2D eigenvalue weighted by Gasteiger charge is -2.09. The predicted octanol–water partition coefficient (Wildman–Crippen LogP) is 4.40. The highest BCUT2D eigenvalue weighted by molar-refractivity contribution is 6.36. The predicted molar refractivity (Wildman–Crippen MR) is 95.7 cm³/mol. The standard InChI is InChI=1S/C16H14Cl2F3N5/c1-8-6-12(23-5-4-22)26-15(24-8)13(14(25-26)16(19,20)21)10-3-2-9(17)7-11(10)18/h2-3,6-7,23H,4-5,22H2,1H3. The zero-order valence-electron chi connectivity index (χ0n) is 13.5. The molecule has 5 nitrogen and oxygen atoms in total. The second-order valence-corrected chi connectivity index (χ2v) is 6.42. The van der Waals surface area contributed by atoms with E-state index >= 15 is 0 Å². The van der Waals surface area contributed by atoms with Gasteiger partial charge < -0.3 is 11.1 Å². The van der Waals surface area contributed by atoms with Crippen LogP contribution >= 0.6 is 23.2 Å². The van der Waals surface area contributed by atoms with Gasteiger partial charge >= 0.3 is 6.18 Å². The van der Waals surface area contributed by atoms with Crippen molar-refractivity contribution in [1.82, 2.24) is 14.6 Å². The molecular formula is C16H14Cl2F3N5. The van der Waals surface area contributed by atoms with Gasteiger partial charge in [0.05, 0.1) is 10.6 Å². The topological polar surface area (TPSA) is 68.2 Å². The Morgan fingerprint density at radius 1 is 1.23 bits per heavy atom. The number of rotatable bonds is 4. The molecule has 3 N–H and O–H groups in total. The molecule has 0 amide bonds. The highest BCUT2D eigenvalue weighted by atomic mass is 35.5. The van der Waals surface area contributed by atoms with Gasteiger partial charge in [0.2, 0.25) is 0 Å². The van der Waals surface area contributed by atoms with Crippen molar-refractivity contribution in [1.29, 1.82) is 0 Å². The maximum absolute atomic E-state index is 13.7. The monoisotopic (exact) mass is 403 g/mol. The molecule has 0 atom stereocenters. The van der Waals surface area contributed by atoms with Crippen molar-refractivity contribution in [2.24, 2.45) is 5.73 Å². The van der Waals surface area contributed by atoms with Gasteiger partial charge in [-0.1, -0.05) is 29.3 Å². The molecule has 138 valence electrons. The lowest BCUT2D eigenvalue weighted by molar-refractivity contribution is -0.140. The molecule has 2 heterocycles. The highest BCUT2D eigenvalue weighted by Gasteiger charge is 2.39. The van der Waals surface area contributed by atoms with Crippen molar-refractivity contribution in [3.05, 3.63) is 45.7 Å². The summed E-state index contributed by atoms with van der Waals surface area (Å²) < 4.78 is 42.1. The molecule has 1 aromatic carbocycles. The molecule has 0 saturated heterocycles. The minimum Gasteiger partial charge on any atom is -0.369 e. The Hall–Kier alpha value is -2.03. The first-order valence-corrected chi connectivity index (χ1v) is 8.35. The van der Waals surface area contributed by atoms with Crippen LogP contribution in [0.15, 0.2) is 24.3 Å². The Kier molecular flexibility index (Phi) is 5.01. The Bertz CT molecular complexity index is 969. The van der Waals surface area contributed by atoms with Gasteiger partial charge in [-0.05, 0) is 19.1 Å². The minimum absolute atomic E-state index is 0.0427. The number of fused-ring (bicyclic) bond motifs is 1. The number of aryl methyl sites for hydroxylation is 1. The third kappa shape index (κ3) is 3.44. The number of nitrogens with one attached hydrogen (secondary N) is 1. The van der Waals surface area contributed by atoms with Crippen LogP contribution < -0.4 is 11.1 Å². The molecule has 3 rings (SSSR count). The van der Waals surface area contributed by atoms with E-state index in [1.54, 1.807) is 13.0 Å². The molecule has 0 aliphatic rings. The number of anilines is 1. The maximum atomic E-state index is 13.7. The van der Waals surface area contributed by atoms with E-state index in [9.17, 15) is 13.2 Å². The van der Waals surface area contributed by atoms with Gasteiger partial charge in [0.15, 0.2) is 11.3 Å². The fraction of sp³-hybridized carbons (Fsp3) is 0.250. The summed E-state index contributed by atoms with van der Waals surface area (Å²) in [6.45, 7) is 2.37. The molecular weight excluding hydrogens is 390 g/mol. The van der Waals surface area contributed by atoms with Crippen molar-refractivity contribution >= 4 is 34.7 Å². The quantitative estimate of drug-likeness (QED) is 0.677. The van der Waals surface area contributed by atoms with E-state index in [1.165, 1.54) is 18.2 Å². The molecule has 0 fully saturated rings.